The molecule has 0 aliphatic rings. The second kappa shape index (κ2) is 6.33. The molecule has 0 aliphatic heterocycles. The van der Waals surface area contributed by atoms with Gasteiger partial charge >= 0.3 is 0 Å². The number of aromatic nitrogens is 1. The maximum atomic E-state index is 12.1. The highest BCUT2D eigenvalue weighted by Gasteiger charge is 2.21. The minimum Gasteiger partial charge on any atom is -0.396 e. The fourth-order valence-corrected chi connectivity index (χ4v) is 1.74. The Labute approximate surface area is 111 Å². The molecular formula is C12H19N3O4. The number of amides is 1. The first-order valence-electron chi connectivity index (χ1n) is 6.14. The SMILES string of the molecule is CC(CCO)NC(=O)c1cc([N+](=O)[O-])cn1C(C)C. The van der Waals surface area contributed by atoms with Crippen molar-refractivity contribution in [3.8, 4) is 0 Å². The minimum absolute atomic E-state index is 0.0210. The fourth-order valence-electron chi connectivity index (χ4n) is 1.74. The Bertz CT molecular complexity index is 468. The molecule has 106 valence electrons. The van der Waals surface area contributed by atoms with Crippen LogP contribution in [-0.2, 0) is 0 Å². The molecule has 0 spiro atoms. The quantitative estimate of drug-likeness (QED) is 0.603. The van der Waals surface area contributed by atoms with Crippen molar-refractivity contribution in [1.29, 1.82) is 0 Å². The molecule has 7 nitrogen and oxygen atoms in total. The number of nitrogens with one attached hydrogen (secondary N) is 1. The van der Waals surface area contributed by atoms with Gasteiger partial charge in [0.15, 0.2) is 0 Å². The van der Waals surface area contributed by atoms with Crippen molar-refractivity contribution < 1.29 is 14.8 Å². The molecule has 0 saturated heterocycles. The Balaban J connectivity index is 2.97. The molecule has 2 N–H and O–H groups in total. The third kappa shape index (κ3) is 3.78. The van der Waals surface area contributed by atoms with Crippen molar-refractivity contribution in [1.82, 2.24) is 9.88 Å². The first kappa shape index (κ1) is 15.2. The summed E-state index contributed by atoms with van der Waals surface area (Å²) in [5.74, 6) is -0.372. The van der Waals surface area contributed by atoms with Crippen molar-refractivity contribution >= 4 is 11.6 Å². The van der Waals surface area contributed by atoms with Gasteiger partial charge in [-0.2, -0.15) is 0 Å². The van der Waals surface area contributed by atoms with Crippen molar-refractivity contribution in [2.75, 3.05) is 6.61 Å². The van der Waals surface area contributed by atoms with Crippen LogP contribution in [-0.4, -0.2) is 33.2 Å². The van der Waals surface area contributed by atoms with E-state index in [2.05, 4.69) is 5.32 Å². The van der Waals surface area contributed by atoms with E-state index in [4.69, 9.17) is 5.11 Å². The van der Waals surface area contributed by atoms with Crippen molar-refractivity contribution in [3.63, 3.8) is 0 Å². The summed E-state index contributed by atoms with van der Waals surface area (Å²) >= 11 is 0. The molecule has 0 bridgehead atoms. The van der Waals surface area contributed by atoms with Crippen LogP contribution in [0.1, 0.15) is 43.7 Å². The third-order valence-electron chi connectivity index (χ3n) is 2.77. The topological polar surface area (TPSA) is 97.4 Å². The predicted octanol–water partition coefficient (Wildman–Crippen LogP) is 1.48. The molecule has 7 heteroatoms. The summed E-state index contributed by atoms with van der Waals surface area (Å²) in [6.07, 6.45) is 1.80. The molecule has 0 aromatic carbocycles. The highest BCUT2D eigenvalue weighted by Crippen LogP contribution is 2.20. The van der Waals surface area contributed by atoms with Gasteiger partial charge in [-0.05, 0) is 27.2 Å². The Hall–Kier alpha value is -1.89. The zero-order chi connectivity index (χ0) is 14.6. The van der Waals surface area contributed by atoms with Crippen LogP contribution in [0, 0.1) is 10.1 Å². The van der Waals surface area contributed by atoms with Crippen LogP contribution in [0.15, 0.2) is 12.3 Å². The van der Waals surface area contributed by atoms with Crippen molar-refractivity contribution in [2.45, 2.75) is 39.3 Å². The van der Waals surface area contributed by atoms with Crippen LogP contribution >= 0.6 is 0 Å². The molecule has 19 heavy (non-hydrogen) atoms. The van der Waals surface area contributed by atoms with E-state index in [0.29, 0.717) is 6.42 Å². The number of hydrogen-bond acceptors (Lipinski definition) is 4. The lowest BCUT2D eigenvalue weighted by atomic mass is 10.2. The zero-order valence-corrected chi connectivity index (χ0v) is 11.3. The standard InChI is InChI=1S/C12H19N3O4/c1-8(2)14-7-10(15(18)19)6-11(14)12(17)13-9(3)4-5-16/h6-9,16H,4-5H2,1-3H3,(H,13,17). The van der Waals surface area contributed by atoms with Gasteiger partial charge in [-0.1, -0.05) is 0 Å². The van der Waals surface area contributed by atoms with Crippen LogP contribution in [0.2, 0.25) is 0 Å². The van der Waals surface area contributed by atoms with Crippen LogP contribution in [0.4, 0.5) is 5.69 Å². The molecule has 1 unspecified atom stereocenters. The second-order valence-electron chi connectivity index (χ2n) is 4.73. The first-order chi connectivity index (χ1) is 8.86. The highest BCUT2D eigenvalue weighted by atomic mass is 16.6. The number of aliphatic hydroxyl groups excluding tert-OH is 1. The highest BCUT2D eigenvalue weighted by molar-refractivity contribution is 5.93. The Morgan fingerprint density at radius 2 is 2.16 bits per heavy atom. The van der Waals surface area contributed by atoms with Crippen LogP contribution in [0.5, 0.6) is 0 Å². The monoisotopic (exact) mass is 269 g/mol. The van der Waals surface area contributed by atoms with Crippen LogP contribution in [0.3, 0.4) is 0 Å². The lowest BCUT2D eigenvalue weighted by molar-refractivity contribution is -0.384. The van der Waals surface area contributed by atoms with Gasteiger partial charge in [0, 0.05) is 24.8 Å². The molecule has 0 saturated carbocycles. The smallest absolute Gasteiger partial charge is 0.287 e. The normalized spacial score (nSPS) is 12.5. The fraction of sp³-hybridized carbons (Fsp3) is 0.583. The molecule has 0 radical (unpaired) electrons. The van der Waals surface area contributed by atoms with Gasteiger partial charge in [0.2, 0.25) is 0 Å². The molecule has 1 rings (SSSR count). The van der Waals surface area contributed by atoms with Crippen molar-refractivity contribution in [3.05, 3.63) is 28.1 Å². The van der Waals surface area contributed by atoms with E-state index in [1.165, 1.54) is 12.3 Å². The van der Waals surface area contributed by atoms with E-state index in [1.807, 2.05) is 13.8 Å². The lowest BCUT2D eigenvalue weighted by Gasteiger charge is -2.15. The van der Waals surface area contributed by atoms with Gasteiger partial charge in [-0.3, -0.25) is 14.9 Å². The number of nitrogens with zero attached hydrogens (tertiary/aromatic N) is 2. The summed E-state index contributed by atoms with van der Waals surface area (Å²) in [4.78, 5) is 22.3. The number of hydrogen-bond donors (Lipinski definition) is 2. The lowest BCUT2D eigenvalue weighted by Crippen LogP contribution is -2.34. The number of rotatable bonds is 6. The minimum atomic E-state index is -0.521. The molecule has 1 amide bonds. The molecule has 1 atom stereocenters. The molecule has 1 aromatic heterocycles. The van der Waals surface area contributed by atoms with E-state index < -0.39 is 4.92 Å². The van der Waals surface area contributed by atoms with E-state index >= 15 is 0 Å². The number of nitro groups is 1. The molecular weight excluding hydrogens is 250 g/mol. The van der Waals surface area contributed by atoms with Gasteiger partial charge in [0.25, 0.3) is 11.6 Å². The summed E-state index contributed by atoms with van der Waals surface area (Å²) < 4.78 is 1.57. The number of aliphatic hydroxyl groups is 1. The number of carbonyl (C=O) groups excluding carboxylic acids is 1. The van der Waals surface area contributed by atoms with Gasteiger partial charge < -0.3 is 15.0 Å². The summed E-state index contributed by atoms with van der Waals surface area (Å²) in [6.45, 7) is 5.44. The van der Waals surface area contributed by atoms with E-state index in [9.17, 15) is 14.9 Å². The van der Waals surface area contributed by atoms with Gasteiger partial charge in [-0.15, -0.1) is 0 Å². The predicted molar refractivity (Wildman–Crippen MR) is 70.1 cm³/mol. The van der Waals surface area contributed by atoms with Gasteiger partial charge in [0.05, 0.1) is 11.1 Å². The van der Waals surface area contributed by atoms with E-state index in [-0.39, 0.29) is 36.0 Å². The molecule has 0 aliphatic carbocycles. The summed E-state index contributed by atoms with van der Waals surface area (Å²) in [7, 11) is 0. The zero-order valence-electron chi connectivity index (χ0n) is 11.3. The summed E-state index contributed by atoms with van der Waals surface area (Å²) in [6, 6.07) is 1.02. The molecule has 0 fully saturated rings. The van der Waals surface area contributed by atoms with Gasteiger partial charge in [0.1, 0.15) is 5.69 Å². The Morgan fingerprint density at radius 1 is 1.53 bits per heavy atom. The maximum absolute atomic E-state index is 12.1. The van der Waals surface area contributed by atoms with E-state index in [1.54, 1.807) is 11.5 Å². The molecule has 1 heterocycles. The average Bonchev–Trinajstić information content (AvgIpc) is 2.73. The summed E-state index contributed by atoms with van der Waals surface area (Å²) in [5, 5.41) is 22.3. The Morgan fingerprint density at radius 3 is 2.63 bits per heavy atom. The van der Waals surface area contributed by atoms with Gasteiger partial charge in [-0.25, -0.2) is 0 Å². The maximum Gasteiger partial charge on any atom is 0.287 e. The average molecular weight is 269 g/mol. The van der Waals surface area contributed by atoms with Crippen LogP contribution in [0.25, 0.3) is 0 Å². The second-order valence-corrected chi connectivity index (χ2v) is 4.73. The number of carbonyl (C=O) groups is 1. The Kier molecular flexibility index (Phi) is 5.05. The van der Waals surface area contributed by atoms with Crippen LogP contribution < -0.4 is 5.32 Å². The first-order valence-corrected chi connectivity index (χ1v) is 6.14. The third-order valence-corrected chi connectivity index (χ3v) is 2.77. The summed E-state index contributed by atoms with van der Waals surface area (Å²) in [5.41, 5.74) is 0.153. The van der Waals surface area contributed by atoms with Crippen molar-refractivity contribution in [2.24, 2.45) is 0 Å². The largest absolute Gasteiger partial charge is 0.396 e. The molecule has 1 aromatic rings. The van der Waals surface area contributed by atoms with E-state index in [0.717, 1.165) is 0 Å².